The monoisotopic (exact) mass is 766 g/mol. The zero-order valence-corrected chi connectivity index (χ0v) is 31.4. The number of halogens is 2. The summed E-state index contributed by atoms with van der Waals surface area (Å²) in [7, 11) is 3.52. The van der Waals surface area contributed by atoms with Crippen LogP contribution >= 0.6 is 23.2 Å². The van der Waals surface area contributed by atoms with Gasteiger partial charge in [-0.15, -0.1) is 0 Å². The fraction of sp³-hybridized carbons (Fsp3) is 0.300. The maximum Gasteiger partial charge on any atom is 0.274 e. The Bertz CT molecular complexity index is 2410. The first-order chi connectivity index (χ1) is 26.0. The summed E-state index contributed by atoms with van der Waals surface area (Å²) in [6, 6.07) is 15.4. The molecule has 0 saturated carbocycles. The highest BCUT2D eigenvalue weighted by Crippen LogP contribution is 2.42. The van der Waals surface area contributed by atoms with E-state index in [-0.39, 0.29) is 35.0 Å². The third-order valence-electron chi connectivity index (χ3n) is 10.7. The van der Waals surface area contributed by atoms with Gasteiger partial charge in [-0.2, -0.15) is 0 Å². The zero-order valence-electron chi connectivity index (χ0n) is 29.9. The third kappa shape index (κ3) is 6.75. The number of nitrogens with zero attached hydrogens (tertiary/aromatic N) is 4. The molecule has 278 valence electrons. The summed E-state index contributed by atoms with van der Waals surface area (Å²) in [5.41, 5.74) is 6.96. The van der Waals surface area contributed by atoms with Crippen molar-refractivity contribution in [2.24, 2.45) is 14.1 Å². The predicted octanol–water partition coefficient (Wildman–Crippen LogP) is 4.63. The van der Waals surface area contributed by atoms with E-state index < -0.39 is 0 Å². The summed E-state index contributed by atoms with van der Waals surface area (Å²) in [5, 5.41) is 13.7. The molecule has 0 unspecified atom stereocenters. The quantitative estimate of drug-likeness (QED) is 0.152. The van der Waals surface area contributed by atoms with Gasteiger partial charge in [0.05, 0.1) is 21.4 Å². The number of hydrogen-bond acceptors (Lipinski definition) is 6. The molecule has 2 saturated heterocycles. The van der Waals surface area contributed by atoms with Crippen LogP contribution in [0.1, 0.15) is 37.1 Å². The number of hydrogen-bond donors (Lipinski definition) is 4. The van der Waals surface area contributed by atoms with Gasteiger partial charge in [0.25, 0.3) is 11.1 Å². The Balaban J connectivity index is 1.06. The minimum absolute atomic E-state index is 0.0731. The molecule has 6 aromatic rings. The summed E-state index contributed by atoms with van der Waals surface area (Å²) in [5.74, 6) is 0.146. The van der Waals surface area contributed by atoms with Crippen molar-refractivity contribution in [2.45, 2.75) is 50.9 Å². The molecule has 2 aliphatic heterocycles. The highest BCUT2D eigenvalue weighted by atomic mass is 35.5. The summed E-state index contributed by atoms with van der Waals surface area (Å²) in [4.78, 5) is 50.0. The molecule has 2 amide bonds. The van der Waals surface area contributed by atoms with Crippen LogP contribution in [0.3, 0.4) is 0 Å². The van der Waals surface area contributed by atoms with Gasteiger partial charge < -0.3 is 39.2 Å². The highest BCUT2D eigenvalue weighted by molar-refractivity contribution is 6.39. The van der Waals surface area contributed by atoms with Crippen molar-refractivity contribution in [3.05, 3.63) is 115 Å². The minimum atomic E-state index is -0.130. The molecule has 4 aromatic heterocycles. The van der Waals surface area contributed by atoms with Crippen molar-refractivity contribution in [2.75, 3.05) is 13.1 Å². The molecule has 0 spiro atoms. The molecule has 0 radical (unpaired) electrons. The smallest absolute Gasteiger partial charge is 0.274 e. The molecule has 6 heterocycles. The van der Waals surface area contributed by atoms with Gasteiger partial charge in [0.2, 0.25) is 11.8 Å². The molecule has 4 N–H and O–H groups in total. The number of rotatable bonds is 11. The second-order valence-electron chi connectivity index (χ2n) is 14.2. The van der Waals surface area contributed by atoms with E-state index in [2.05, 4.69) is 21.3 Å². The van der Waals surface area contributed by atoms with E-state index in [0.29, 0.717) is 60.1 Å². The number of carbonyl (C=O) groups excluding carboxylic acids is 2. The fourth-order valence-corrected chi connectivity index (χ4v) is 8.25. The summed E-state index contributed by atoms with van der Waals surface area (Å²) in [6.07, 6.45) is 10.4. The Hall–Kier alpha value is -5.14. The van der Waals surface area contributed by atoms with Gasteiger partial charge in [-0.1, -0.05) is 59.6 Å². The topological polar surface area (TPSA) is 135 Å². The maximum absolute atomic E-state index is 13.4. The second kappa shape index (κ2) is 14.6. The third-order valence-corrected chi connectivity index (χ3v) is 11.5. The number of benzene rings is 2. The van der Waals surface area contributed by atoms with E-state index in [1.807, 2.05) is 82.1 Å². The van der Waals surface area contributed by atoms with Crippen molar-refractivity contribution >= 4 is 46.0 Å². The van der Waals surface area contributed by atoms with E-state index >= 15 is 0 Å². The normalized spacial score (nSPS) is 17.2. The minimum Gasteiger partial charge on any atom is -0.352 e. The first-order valence-electron chi connectivity index (χ1n) is 18.0. The van der Waals surface area contributed by atoms with Crippen LogP contribution < -0.4 is 32.4 Å². The Labute approximate surface area is 320 Å². The molecule has 12 nitrogen and oxygen atoms in total. The highest BCUT2D eigenvalue weighted by Gasteiger charge is 2.22. The standard InChI is InChI=1S/C40H40Cl2N8O4/c1-47-27(17-43-15-25-9-11-35(51)45-25)21-49-19-23(13-33(49)39(47)53)29-5-3-7-31(37(29)41)32-8-4-6-30(38(32)42)24-14-34-40(54)48(2)28(22-50(34)20-24)18-44-16-26-10-12-36(52)46-26/h3-8,13-14,19-22,25-26,43-44H,9-12,15-18H2,1-2H3,(H,45,51)(H,46,52)/t25-,26-/m0/s1. The molecule has 2 aromatic carbocycles. The largest absolute Gasteiger partial charge is 0.352 e. The van der Waals surface area contributed by atoms with Crippen molar-refractivity contribution < 1.29 is 9.59 Å². The summed E-state index contributed by atoms with van der Waals surface area (Å²) in [6.45, 7) is 2.20. The number of amides is 2. The molecule has 2 atom stereocenters. The second-order valence-corrected chi connectivity index (χ2v) is 15.0. The van der Waals surface area contributed by atoms with Crippen LogP contribution in [-0.2, 0) is 36.8 Å². The van der Waals surface area contributed by atoms with Gasteiger partial charge in [0, 0.05) is 123 Å². The van der Waals surface area contributed by atoms with Gasteiger partial charge in [0.15, 0.2) is 0 Å². The Morgan fingerprint density at radius 3 is 1.43 bits per heavy atom. The number of fused-ring (bicyclic) bond motifs is 2. The van der Waals surface area contributed by atoms with Crippen LogP contribution in [0.25, 0.3) is 44.4 Å². The van der Waals surface area contributed by atoms with Crippen LogP contribution in [0.2, 0.25) is 10.0 Å². The first-order valence-corrected chi connectivity index (χ1v) is 18.8. The molecule has 0 aliphatic carbocycles. The molecule has 14 heteroatoms. The number of carbonyl (C=O) groups is 2. The van der Waals surface area contributed by atoms with Crippen molar-refractivity contribution in [1.29, 1.82) is 0 Å². The maximum atomic E-state index is 13.4. The van der Waals surface area contributed by atoms with Crippen LogP contribution in [0.4, 0.5) is 0 Å². The molecule has 2 fully saturated rings. The van der Waals surface area contributed by atoms with Crippen LogP contribution in [0.5, 0.6) is 0 Å². The Morgan fingerprint density at radius 1 is 0.630 bits per heavy atom. The Morgan fingerprint density at radius 2 is 1.04 bits per heavy atom. The summed E-state index contributed by atoms with van der Waals surface area (Å²) < 4.78 is 6.95. The lowest BCUT2D eigenvalue weighted by Crippen LogP contribution is -2.36. The van der Waals surface area contributed by atoms with E-state index in [1.54, 1.807) is 23.2 Å². The van der Waals surface area contributed by atoms with E-state index in [4.69, 9.17) is 23.2 Å². The van der Waals surface area contributed by atoms with Gasteiger partial charge in [0.1, 0.15) is 11.0 Å². The molecular weight excluding hydrogens is 727 g/mol. The van der Waals surface area contributed by atoms with E-state index in [1.165, 1.54) is 0 Å². The lowest BCUT2D eigenvalue weighted by atomic mass is 9.97. The molecule has 54 heavy (non-hydrogen) atoms. The average Bonchev–Trinajstić information content (AvgIpc) is 3.97. The first kappa shape index (κ1) is 35.9. The number of nitrogens with one attached hydrogen (secondary N) is 4. The van der Waals surface area contributed by atoms with Crippen LogP contribution in [-0.4, -0.2) is 54.9 Å². The van der Waals surface area contributed by atoms with Crippen LogP contribution in [0.15, 0.2) is 82.9 Å². The van der Waals surface area contributed by atoms with Crippen molar-refractivity contribution in [3.63, 3.8) is 0 Å². The van der Waals surface area contributed by atoms with Gasteiger partial charge in [-0.25, -0.2) is 0 Å². The van der Waals surface area contributed by atoms with Crippen molar-refractivity contribution in [1.82, 2.24) is 39.2 Å². The lowest BCUT2D eigenvalue weighted by molar-refractivity contribution is -0.120. The fourth-order valence-electron chi connectivity index (χ4n) is 7.57. The Kier molecular flexibility index (Phi) is 9.69. The zero-order chi connectivity index (χ0) is 37.7. The van der Waals surface area contributed by atoms with Gasteiger partial charge in [-0.05, 0) is 25.0 Å². The lowest BCUT2D eigenvalue weighted by Gasteiger charge is -2.13. The number of aromatic nitrogens is 4. The van der Waals surface area contributed by atoms with Gasteiger partial charge in [-0.3, -0.25) is 19.2 Å². The van der Waals surface area contributed by atoms with Crippen LogP contribution in [0, 0.1) is 0 Å². The van der Waals surface area contributed by atoms with E-state index in [0.717, 1.165) is 57.6 Å². The molecule has 2 aliphatic rings. The summed E-state index contributed by atoms with van der Waals surface area (Å²) >= 11 is 14.3. The predicted molar refractivity (Wildman–Crippen MR) is 211 cm³/mol. The van der Waals surface area contributed by atoms with Crippen molar-refractivity contribution in [3.8, 4) is 33.4 Å². The van der Waals surface area contributed by atoms with Gasteiger partial charge >= 0.3 is 0 Å². The molecule has 8 rings (SSSR count). The SMILES string of the molecule is Cn1c(CNC[C@@H]2CCC(=O)N2)cn2cc(-c3cccc(-c4cccc(-c5cc6c(=O)n(C)c(CNC[C@@H]7CCC(=O)N7)cn6c5)c4Cl)c3Cl)cc2c1=O. The molecular formula is C40H40Cl2N8O4. The van der Waals surface area contributed by atoms with E-state index in [9.17, 15) is 19.2 Å². The molecule has 0 bridgehead atoms. The average molecular weight is 768 g/mol.